The van der Waals surface area contributed by atoms with Crippen LogP contribution in [0.4, 0.5) is 18.9 Å². The first-order valence-electron chi connectivity index (χ1n) is 8.25. The molecule has 0 aliphatic carbocycles. The smallest absolute Gasteiger partial charge is 0.248 e. The molecule has 27 heavy (non-hydrogen) atoms. The molecule has 6 heteroatoms. The minimum atomic E-state index is -1.62. The van der Waals surface area contributed by atoms with Gasteiger partial charge in [0.1, 0.15) is 0 Å². The second-order valence-electron chi connectivity index (χ2n) is 6.04. The molecule has 1 N–H and O–H groups in total. The molecule has 0 aliphatic heterocycles. The maximum atomic E-state index is 13.6. The van der Waals surface area contributed by atoms with Crippen LogP contribution in [0.15, 0.2) is 54.6 Å². The van der Waals surface area contributed by atoms with Crippen molar-refractivity contribution in [2.75, 3.05) is 5.32 Å². The van der Waals surface area contributed by atoms with E-state index in [4.69, 9.17) is 0 Å². The number of nitrogens with zero attached hydrogens (tertiary/aromatic N) is 1. The van der Waals surface area contributed by atoms with Crippen molar-refractivity contribution in [2.24, 2.45) is 0 Å². The highest BCUT2D eigenvalue weighted by Crippen LogP contribution is 2.22. The Labute approximate surface area is 154 Å². The van der Waals surface area contributed by atoms with Crippen LogP contribution in [0.1, 0.15) is 17.0 Å². The SMILES string of the molecule is Cc1cc(/C=C/C(=O)Nc2ccc(F)c(F)c2F)c(C)n1-c1ccccc1. The number of hydrogen-bond donors (Lipinski definition) is 1. The van der Waals surface area contributed by atoms with E-state index in [1.807, 2.05) is 54.8 Å². The number of carbonyl (C=O) groups is 1. The molecule has 3 rings (SSSR count). The lowest BCUT2D eigenvalue weighted by Crippen LogP contribution is -2.10. The number of para-hydroxylation sites is 1. The number of carbonyl (C=O) groups excluding carboxylic acids is 1. The average Bonchev–Trinajstić information content (AvgIpc) is 2.94. The molecule has 1 aromatic heterocycles. The summed E-state index contributed by atoms with van der Waals surface area (Å²) in [7, 11) is 0. The summed E-state index contributed by atoms with van der Waals surface area (Å²) < 4.78 is 41.9. The molecular formula is C21H17F3N2O. The van der Waals surface area contributed by atoms with Gasteiger partial charge in [-0.2, -0.15) is 0 Å². The van der Waals surface area contributed by atoms with E-state index in [1.54, 1.807) is 6.08 Å². The lowest BCUT2D eigenvalue weighted by atomic mass is 10.2. The molecule has 3 aromatic rings. The van der Waals surface area contributed by atoms with Crippen LogP contribution in [-0.2, 0) is 4.79 Å². The van der Waals surface area contributed by atoms with Crippen molar-refractivity contribution in [2.45, 2.75) is 13.8 Å². The van der Waals surface area contributed by atoms with Crippen molar-refractivity contribution in [3.63, 3.8) is 0 Å². The molecule has 2 aromatic carbocycles. The summed E-state index contributed by atoms with van der Waals surface area (Å²) in [5.74, 6) is -5.01. The number of benzene rings is 2. The topological polar surface area (TPSA) is 34.0 Å². The third kappa shape index (κ3) is 3.79. The minimum absolute atomic E-state index is 0.418. The van der Waals surface area contributed by atoms with Crippen LogP contribution >= 0.6 is 0 Å². The van der Waals surface area contributed by atoms with Gasteiger partial charge in [0.2, 0.25) is 5.91 Å². The van der Waals surface area contributed by atoms with E-state index in [0.717, 1.165) is 34.8 Å². The summed E-state index contributed by atoms with van der Waals surface area (Å²) >= 11 is 0. The van der Waals surface area contributed by atoms with Crippen LogP contribution in [0.5, 0.6) is 0 Å². The van der Waals surface area contributed by atoms with Gasteiger partial charge in [-0.05, 0) is 55.8 Å². The lowest BCUT2D eigenvalue weighted by molar-refractivity contribution is -0.111. The van der Waals surface area contributed by atoms with Gasteiger partial charge in [-0.1, -0.05) is 18.2 Å². The Balaban J connectivity index is 1.81. The summed E-state index contributed by atoms with van der Waals surface area (Å²) in [6.45, 7) is 3.88. The van der Waals surface area contributed by atoms with Gasteiger partial charge < -0.3 is 9.88 Å². The molecule has 0 saturated heterocycles. The average molecular weight is 370 g/mol. The van der Waals surface area contributed by atoms with Crippen LogP contribution in [0, 0.1) is 31.3 Å². The Morgan fingerprint density at radius 2 is 1.70 bits per heavy atom. The van der Waals surface area contributed by atoms with Gasteiger partial charge in [-0.25, -0.2) is 13.2 Å². The molecule has 0 aliphatic rings. The molecule has 1 amide bonds. The maximum absolute atomic E-state index is 13.6. The number of rotatable bonds is 4. The van der Waals surface area contributed by atoms with Gasteiger partial charge in [0.05, 0.1) is 5.69 Å². The van der Waals surface area contributed by atoms with Crippen molar-refractivity contribution in [3.05, 3.63) is 89.0 Å². The number of aryl methyl sites for hydroxylation is 1. The van der Waals surface area contributed by atoms with Crippen molar-refractivity contribution >= 4 is 17.7 Å². The Morgan fingerprint density at radius 3 is 2.41 bits per heavy atom. The normalized spacial score (nSPS) is 11.1. The molecule has 0 bridgehead atoms. The Kier molecular flexibility index (Phi) is 5.16. The van der Waals surface area contributed by atoms with Gasteiger partial charge >= 0.3 is 0 Å². The third-order valence-corrected chi connectivity index (χ3v) is 4.19. The van der Waals surface area contributed by atoms with Gasteiger partial charge in [-0.3, -0.25) is 4.79 Å². The van der Waals surface area contributed by atoms with Crippen molar-refractivity contribution in [3.8, 4) is 5.69 Å². The molecule has 0 fully saturated rings. The Bertz CT molecular complexity index is 1020. The number of amides is 1. The van der Waals surface area contributed by atoms with E-state index in [9.17, 15) is 18.0 Å². The number of anilines is 1. The maximum Gasteiger partial charge on any atom is 0.248 e. The van der Waals surface area contributed by atoms with E-state index in [2.05, 4.69) is 5.32 Å². The molecule has 0 atom stereocenters. The van der Waals surface area contributed by atoms with E-state index in [0.29, 0.717) is 0 Å². The number of aromatic nitrogens is 1. The largest absolute Gasteiger partial charge is 0.320 e. The fourth-order valence-electron chi connectivity index (χ4n) is 2.89. The quantitative estimate of drug-likeness (QED) is 0.499. The highest BCUT2D eigenvalue weighted by molar-refractivity contribution is 6.02. The summed E-state index contributed by atoms with van der Waals surface area (Å²) in [6.07, 6.45) is 2.81. The standard InChI is InChI=1S/C21H17F3N2O/c1-13-12-15(14(2)26(13)16-6-4-3-5-7-16)8-11-19(27)25-18-10-9-17(22)20(23)21(18)24/h3-12H,1-2H3,(H,25,27)/b11-8+. The highest BCUT2D eigenvalue weighted by Gasteiger charge is 2.14. The molecule has 0 radical (unpaired) electrons. The molecular weight excluding hydrogens is 353 g/mol. The van der Waals surface area contributed by atoms with Gasteiger partial charge in [0.25, 0.3) is 0 Å². The number of halogens is 3. The van der Waals surface area contributed by atoms with Crippen LogP contribution in [0.25, 0.3) is 11.8 Å². The van der Waals surface area contributed by atoms with E-state index < -0.39 is 29.0 Å². The molecule has 0 spiro atoms. The first kappa shape index (κ1) is 18.5. The van der Waals surface area contributed by atoms with Gasteiger partial charge in [-0.15, -0.1) is 0 Å². The molecule has 3 nitrogen and oxygen atoms in total. The fourth-order valence-corrected chi connectivity index (χ4v) is 2.89. The van der Waals surface area contributed by atoms with Crippen LogP contribution < -0.4 is 5.32 Å². The Hall–Kier alpha value is -3.28. The van der Waals surface area contributed by atoms with Gasteiger partial charge in [0, 0.05) is 23.2 Å². The zero-order chi connectivity index (χ0) is 19.6. The number of hydrogen-bond acceptors (Lipinski definition) is 1. The van der Waals surface area contributed by atoms with Crippen molar-refractivity contribution in [1.29, 1.82) is 0 Å². The minimum Gasteiger partial charge on any atom is -0.320 e. The third-order valence-electron chi connectivity index (χ3n) is 4.19. The molecule has 0 unspecified atom stereocenters. The van der Waals surface area contributed by atoms with Crippen LogP contribution in [0.3, 0.4) is 0 Å². The molecule has 138 valence electrons. The van der Waals surface area contributed by atoms with Crippen molar-refractivity contribution in [1.82, 2.24) is 4.57 Å². The van der Waals surface area contributed by atoms with E-state index in [-0.39, 0.29) is 0 Å². The van der Waals surface area contributed by atoms with E-state index in [1.165, 1.54) is 6.08 Å². The predicted molar refractivity (Wildman–Crippen MR) is 99.2 cm³/mol. The van der Waals surface area contributed by atoms with Crippen LogP contribution in [0.2, 0.25) is 0 Å². The summed E-state index contributed by atoms with van der Waals surface area (Å²) in [5, 5.41) is 2.21. The fraction of sp³-hybridized carbons (Fsp3) is 0.0952. The number of nitrogens with one attached hydrogen (secondary N) is 1. The predicted octanol–water partition coefficient (Wildman–Crippen LogP) is 5.16. The molecule has 1 heterocycles. The van der Waals surface area contributed by atoms with Gasteiger partial charge in [0.15, 0.2) is 17.5 Å². The second-order valence-corrected chi connectivity index (χ2v) is 6.04. The second kappa shape index (κ2) is 7.53. The van der Waals surface area contributed by atoms with Crippen LogP contribution in [-0.4, -0.2) is 10.5 Å². The zero-order valence-corrected chi connectivity index (χ0v) is 14.8. The first-order chi connectivity index (χ1) is 12.9. The summed E-state index contributed by atoms with van der Waals surface area (Å²) in [6, 6.07) is 13.4. The first-order valence-corrected chi connectivity index (χ1v) is 8.25. The summed E-state index contributed by atoms with van der Waals surface area (Å²) in [4.78, 5) is 12.0. The van der Waals surface area contributed by atoms with E-state index >= 15 is 0 Å². The zero-order valence-electron chi connectivity index (χ0n) is 14.8. The Morgan fingerprint density at radius 1 is 1.00 bits per heavy atom. The van der Waals surface area contributed by atoms with Crippen molar-refractivity contribution < 1.29 is 18.0 Å². The monoisotopic (exact) mass is 370 g/mol. The molecule has 0 saturated carbocycles. The lowest BCUT2D eigenvalue weighted by Gasteiger charge is -2.09. The summed E-state index contributed by atoms with van der Waals surface area (Å²) in [5.41, 5.74) is 3.32. The highest BCUT2D eigenvalue weighted by atomic mass is 19.2.